The van der Waals surface area contributed by atoms with Crippen LogP contribution in [0.3, 0.4) is 0 Å². The van der Waals surface area contributed by atoms with Crippen molar-refractivity contribution in [1.82, 2.24) is 15.0 Å². The van der Waals surface area contributed by atoms with Crippen LogP contribution < -0.4 is 9.47 Å². The van der Waals surface area contributed by atoms with E-state index in [4.69, 9.17) is 14.5 Å². The fourth-order valence-electron chi connectivity index (χ4n) is 2.30. The van der Waals surface area contributed by atoms with Crippen LogP contribution in [-0.2, 0) is 0 Å². The van der Waals surface area contributed by atoms with Crippen LogP contribution in [0.2, 0.25) is 0 Å². The zero-order chi connectivity index (χ0) is 15.7. The van der Waals surface area contributed by atoms with Crippen molar-refractivity contribution in [3.05, 3.63) is 29.5 Å². The number of fused-ring (bicyclic) bond motifs is 1. The highest BCUT2D eigenvalue weighted by atomic mass is 32.1. The minimum atomic E-state index is 0.398. The quantitative estimate of drug-likeness (QED) is 0.731. The van der Waals surface area contributed by atoms with Crippen LogP contribution in [0.15, 0.2) is 23.8 Å². The van der Waals surface area contributed by atoms with E-state index in [-0.39, 0.29) is 0 Å². The van der Waals surface area contributed by atoms with Crippen molar-refractivity contribution in [3.8, 4) is 22.2 Å². The molecule has 114 valence electrons. The molecule has 0 radical (unpaired) electrons. The van der Waals surface area contributed by atoms with Crippen LogP contribution in [0.5, 0.6) is 11.6 Å². The van der Waals surface area contributed by atoms with E-state index in [2.05, 4.69) is 29.2 Å². The molecule has 0 unspecified atom stereocenters. The first-order chi connectivity index (χ1) is 10.7. The van der Waals surface area contributed by atoms with Gasteiger partial charge in [0.15, 0.2) is 0 Å². The van der Waals surface area contributed by atoms with Crippen molar-refractivity contribution in [1.29, 1.82) is 0 Å². The van der Waals surface area contributed by atoms with Gasteiger partial charge in [-0.3, -0.25) is 0 Å². The van der Waals surface area contributed by atoms with E-state index in [1.807, 2.05) is 12.1 Å². The van der Waals surface area contributed by atoms with Crippen LogP contribution >= 0.6 is 11.3 Å². The van der Waals surface area contributed by atoms with Gasteiger partial charge in [0.25, 0.3) is 0 Å². The first kappa shape index (κ1) is 14.7. The van der Waals surface area contributed by atoms with Gasteiger partial charge in [-0.15, -0.1) is 11.3 Å². The summed E-state index contributed by atoms with van der Waals surface area (Å²) in [5.74, 6) is 1.60. The van der Waals surface area contributed by atoms with E-state index in [0.717, 1.165) is 27.2 Å². The van der Waals surface area contributed by atoms with Gasteiger partial charge in [-0.2, -0.15) is 0 Å². The number of hydrogen-bond donors (Lipinski definition) is 0. The lowest BCUT2D eigenvalue weighted by Gasteiger charge is -2.11. The Bertz CT molecular complexity index is 814. The second-order valence-corrected chi connectivity index (χ2v) is 6.01. The zero-order valence-electron chi connectivity index (χ0n) is 13.0. The molecule has 2 aromatic heterocycles. The molecule has 0 amide bonds. The van der Waals surface area contributed by atoms with Crippen LogP contribution in [0.25, 0.3) is 21.5 Å². The monoisotopic (exact) mass is 315 g/mol. The molecule has 6 heteroatoms. The fraction of sp³-hybridized carbons (Fsp3) is 0.312. The summed E-state index contributed by atoms with van der Waals surface area (Å²) in [6.07, 6.45) is 1.49. The molecule has 0 aliphatic rings. The highest BCUT2D eigenvalue weighted by Crippen LogP contribution is 2.41. The molecule has 0 saturated heterocycles. The Morgan fingerprint density at radius 1 is 1.09 bits per heavy atom. The summed E-state index contributed by atoms with van der Waals surface area (Å²) in [4.78, 5) is 13.2. The molecular weight excluding hydrogens is 298 g/mol. The molecule has 0 aliphatic carbocycles. The standard InChI is InChI=1S/C16H17N3O2S/c1-9(2)12-7-22-16(19-12)10-5-6-11-13(14(10)20-3)15(21-4)18-8-17-11/h5-9H,1-4H3. The predicted molar refractivity (Wildman–Crippen MR) is 87.8 cm³/mol. The van der Waals surface area contributed by atoms with Gasteiger partial charge in [0, 0.05) is 5.38 Å². The highest BCUT2D eigenvalue weighted by Gasteiger charge is 2.18. The number of hydrogen-bond acceptors (Lipinski definition) is 6. The number of aromatic nitrogens is 3. The van der Waals surface area contributed by atoms with Gasteiger partial charge in [0.2, 0.25) is 5.88 Å². The summed E-state index contributed by atoms with van der Waals surface area (Å²) in [7, 11) is 3.23. The summed E-state index contributed by atoms with van der Waals surface area (Å²) < 4.78 is 11.0. The Hall–Kier alpha value is -2.21. The van der Waals surface area contributed by atoms with Gasteiger partial charge >= 0.3 is 0 Å². The lowest BCUT2D eigenvalue weighted by molar-refractivity contribution is 0.394. The van der Waals surface area contributed by atoms with Crippen molar-refractivity contribution in [2.45, 2.75) is 19.8 Å². The Balaban J connectivity index is 2.25. The third-order valence-electron chi connectivity index (χ3n) is 3.46. The largest absolute Gasteiger partial charge is 0.495 e. The summed E-state index contributed by atoms with van der Waals surface area (Å²) in [6.45, 7) is 4.26. The minimum Gasteiger partial charge on any atom is -0.495 e. The number of methoxy groups -OCH3 is 2. The maximum Gasteiger partial charge on any atom is 0.228 e. The van der Waals surface area contributed by atoms with E-state index in [1.54, 1.807) is 25.6 Å². The molecule has 5 nitrogen and oxygen atoms in total. The molecule has 1 aromatic carbocycles. The topological polar surface area (TPSA) is 57.1 Å². The molecule has 2 heterocycles. The van der Waals surface area contributed by atoms with Gasteiger partial charge in [0.05, 0.1) is 31.0 Å². The summed E-state index contributed by atoms with van der Waals surface area (Å²) in [5, 5.41) is 3.78. The molecule has 0 fully saturated rings. The Kier molecular flexibility index (Phi) is 3.94. The van der Waals surface area contributed by atoms with Crippen LogP contribution in [0, 0.1) is 0 Å². The SMILES string of the molecule is COc1ncnc2ccc(-c3nc(C(C)C)cs3)c(OC)c12. The Labute approximate surface area is 133 Å². The van der Waals surface area contributed by atoms with Gasteiger partial charge in [0.1, 0.15) is 22.5 Å². The van der Waals surface area contributed by atoms with Crippen molar-refractivity contribution >= 4 is 22.2 Å². The van der Waals surface area contributed by atoms with Crippen LogP contribution in [-0.4, -0.2) is 29.2 Å². The van der Waals surface area contributed by atoms with Gasteiger partial charge in [-0.05, 0) is 18.1 Å². The van der Waals surface area contributed by atoms with E-state index >= 15 is 0 Å². The number of ether oxygens (including phenoxy) is 2. The molecule has 22 heavy (non-hydrogen) atoms. The molecule has 0 aliphatic heterocycles. The second-order valence-electron chi connectivity index (χ2n) is 5.16. The molecule has 0 spiro atoms. The number of thiazole rings is 1. The lowest BCUT2D eigenvalue weighted by Crippen LogP contribution is -1.96. The molecule has 0 N–H and O–H groups in total. The fourth-order valence-corrected chi connectivity index (χ4v) is 3.31. The van der Waals surface area contributed by atoms with Gasteiger partial charge in [-0.25, -0.2) is 15.0 Å². The summed E-state index contributed by atoms with van der Waals surface area (Å²) >= 11 is 1.61. The van der Waals surface area contributed by atoms with Crippen molar-refractivity contribution < 1.29 is 9.47 Å². The smallest absolute Gasteiger partial charge is 0.228 e. The van der Waals surface area contributed by atoms with Gasteiger partial charge in [-0.1, -0.05) is 13.8 Å². The van der Waals surface area contributed by atoms with Crippen molar-refractivity contribution in [3.63, 3.8) is 0 Å². The maximum atomic E-state index is 5.63. The lowest BCUT2D eigenvalue weighted by atomic mass is 10.1. The van der Waals surface area contributed by atoms with E-state index in [9.17, 15) is 0 Å². The average Bonchev–Trinajstić information content (AvgIpc) is 3.03. The third-order valence-corrected chi connectivity index (χ3v) is 4.36. The Morgan fingerprint density at radius 2 is 1.91 bits per heavy atom. The third kappa shape index (κ3) is 2.39. The first-order valence-corrected chi connectivity index (χ1v) is 7.85. The number of nitrogens with zero attached hydrogens (tertiary/aromatic N) is 3. The Morgan fingerprint density at radius 3 is 2.55 bits per heavy atom. The average molecular weight is 315 g/mol. The summed E-state index contributed by atoms with van der Waals surface area (Å²) in [6, 6.07) is 3.92. The molecule has 3 aromatic rings. The van der Waals surface area contributed by atoms with Gasteiger partial charge < -0.3 is 9.47 Å². The highest BCUT2D eigenvalue weighted by molar-refractivity contribution is 7.13. The molecular formula is C16H17N3O2S. The summed E-state index contributed by atoms with van der Waals surface area (Å²) in [5.41, 5.74) is 2.80. The van der Waals surface area contributed by atoms with E-state index in [0.29, 0.717) is 17.5 Å². The predicted octanol–water partition coefficient (Wildman–Crippen LogP) is 3.89. The van der Waals surface area contributed by atoms with Crippen molar-refractivity contribution in [2.75, 3.05) is 14.2 Å². The number of benzene rings is 1. The molecule has 0 saturated carbocycles. The molecule has 0 atom stereocenters. The van der Waals surface area contributed by atoms with Crippen LogP contribution in [0.1, 0.15) is 25.5 Å². The molecule has 0 bridgehead atoms. The normalized spacial score (nSPS) is 11.1. The minimum absolute atomic E-state index is 0.398. The number of rotatable bonds is 4. The maximum absolute atomic E-state index is 5.63. The van der Waals surface area contributed by atoms with Crippen molar-refractivity contribution in [2.24, 2.45) is 0 Å². The van der Waals surface area contributed by atoms with E-state index in [1.165, 1.54) is 6.33 Å². The van der Waals surface area contributed by atoms with E-state index < -0.39 is 0 Å². The molecule has 3 rings (SSSR count). The second kappa shape index (κ2) is 5.88. The van der Waals surface area contributed by atoms with Crippen LogP contribution in [0.4, 0.5) is 0 Å². The zero-order valence-corrected chi connectivity index (χ0v) is 13.8. The first-order valence-electron chi connectivity index (χ1n) is 6.97.